The summed E-state index contributed by atoms with van der Waals surface area (Å²) in [4.78, 5) is 41.1. The number of carbonyl (C=O) groups is 3. The molecule has 2 aliphatic rings. The molecule has 3 aromatic carbocycles. The maximum atomic E-state index is 13.7. The number of para-hydroxylation sites is 1. The predicted octanol–water partition coefficient (Wildman–Crippen LogP) is 9.79. The van der Waals surface area contributed by atoms with Crippen LogP contribution in [-0.4, -0.2) is 28.6 Å². The van der Waals surface area contributed by atoms with Gasteiger partial charge in [-0.3, -0.25) is 14.4 Å². The van der Waals surface area contributed by atoms with Crippen molar-refractivity contribution in [3.05, 3.63) is 87.7 Å². The third-order valence-electron chi connectivity index (χ3n) is 7.81. The highest BCUT2D eigenvalue weighted by Crippen LogP contribution is 2.48. The third-order valence-corrected chi connectivity index (χ3v) is 12.6. The second-order valence-corrected chi connectivity index (χ2v) is 16.1. The zero-order chi connectivity index (χ0) is 31.8. The van der Waals surface area contributed by atoms with Crippen LogP contribution in [0.25, 0.3) is 6.08 Å². The fraction of sp³-hybridized carbons (Fsp3) is 0.303. The maximum Gasteiger partial charge on any atom is 0.255 e. The van der Waals surface area contributed by atoms with Crippen LogP contribution in [-0.2, 0) is 10.8 Å². The Morgan fingerprint density at radius 1 is 0.837 bits per heavy atom. The van der Waals surface area contributed by atoms with E-state index in [1.54, 1.807) is 18.2 Å². The molecule has 10 heteroatoms. The van der Waals surface area contributed by atoms with E-state index in [0.717, 1.165) is 5.56 Å². The van der Waals surface area contributed by atoms with Gasteiger partial charge in [-0.05, 0) is 98.3 Å². The number of nitrogens with one attached hydrogen (secondary N) is 2. The molecule has 0 radical (unpaired) electrons. The molecule has 0 aromatic heterocycles. The number of phenols is 1. The number of hydrogen-bond acceptors (Lipinski definition) is 5. The minimum absolute atomic E-state index is 0.201. The van der Waals surface area contributed by atoms with Crippen LogP contribution in [0.3, 0.4) is 0 Å². The Labute approximate surface area is 284 Å². The Morgan fingerprint density at radius 2 is 1.35 bits per heavy atom. The lowest BCUT2D eigenvalue weighted by Crippen LogP contribution is -2.36. The summed E-state index contributed by atoms with van der Waals surface area (Å²) >= 11 is 13.9. The van der Waals surface area contributed by atoms with Crippen molar-refractivity contribution in [2.75, 3.05) is 10.6 Å². The summed E-state index contributed by atoms with van der Waals surface area (Å²) in [6.07, 6.45) is 3.68. The first kappa shape index (κ1) is 32.1. The molecular formula is C33H30Br4N2O4. The molecule has 1 aliphatic heterocycles. The Balaban J connectivity index is 1.49. The summed E-state index contributed by atoms with van der Waals surface area (Å²) < 4.78 is 2.32. The van der Waals surface area contributed by atoms with Crippen LogP contribution in [0.2, 0.25) is 0 Å². The monoisotopic (exact) mass is 834 g/mol. The number of carbonyl (C=O) groups excluding carboxylic acids is 3. The van der Waals surface area contributed by atoms with Gasteiger partial charge >= 0.3 is 0 Å². The molecule has 0 saturated carbocycles. The molecule has 0 saturated heterocycles. The lowest BCUT2D eigenvalue weighted by atomic mass is 9.78. The SMILES string of the molecule is CC(C)(C)c1cc(C(=O)Nc2cccc3c2NC(C2C(=O)c4c(Br)c(Br)c(Br)c(Br)c4C2=O)C=C3)cc(C(C)(C)C)c1O. The van der Waals surface area contributed by atoms with Gasteiger partial charge in [-0.25, -0.2) is 0 Å². The first-order valence-corrected chi connectivity index (χ1v) is 16.8. The molecule has 224 valence electrons. The van der Waals surface area contributed by atoms with Crippen LogP contribution in [0.4, 0.5) is 11.4 Å². The van der Waals surface area contributed by atoms with E-state index in [9.17, 15) is 19.5 Å². The van der Waals surface area contributed by atoms with Gasteiger partial charge in [0.15, 0.2) is 11.6 Å². The highest BCUT2D eigenvalue weighted by molar-refractivity contribution is 9.15. The molecule has 5 rings (SSSR count). The Kier molecular flexibility index (Phi) is 8.42. The molecule has 0 spiro atoms. The number of fused-ring (bicyclic) bond motifs is 2. The Hall–Kier alpha value is -2.27. The number of Topliss-reactive ketones (excluding diaryl/α,β-unsaturated/α-hetero) is 2. The summed E-state index contributed by atoms with van der Waals surface area (Å²) in [5.74, 6) is -1.70. The Morgan fingerprint density at radius 3 is 1.84 bits per heavy atom. The highest BCUT2D eigenvalue weighted by Gasteiger charge is 2.47. The smallest absolute Gasteiger partial charge is 0.255 e. The van der Waals surface area contributed by atoms with Gasteiger partial charge in [0.25, 0.3) is 5.91 Å². The third kappa shape index (κ3) is 5.57. The van der Waals surface area contributed by atoms with Crippen molar-refractivity contribution in [1.82, 2.24) is 0 Å². The van der Waals surface area contributed by atoms with Gasteiger partial charge in [-0.2, -0.15) is 0 Å². The number of benzene rings is 3. The maximum absolute atomic E-state index is 13.7. The quantitative estimate of drug-likeness (QED) is 0.139. The van der Waals surface area contributed by atoms with Crippen molar-refractivity contribution < 1.29 is 19.5 Å². The first-order valence-electron chi connectivity index (χ1n) is 13.6. The van der Waals surface area contributed by atoms with Crippen LogP contribution in [0, 0.1) is 5.92 Å². The first-order chi connectivity index (χ1) is 19.9. The molecule has 1 unspecified atom stereocenters. The lowest BCUT2D eigenvalue weighted by molar-refractivity contribution is 0.0832. The summed E-state index contributed by atoms with van der Waals surface area (Å²) in [5, 5.41) is 17.5. The predicted molar refractivity (Wildman–Crippen MR) is 186 cm³/mol. The summed E-state index contributed by atoms with van der Waals surface area (Å²) in [5.41, 5.74) is 3.63. The van der Waals surface area contributed by atoms with Gasteiger partial charge in [-0.15, -0.1) is 0 Å². The summed E-state index contributed by atoms with van der Waals surface area (Å²) in [6.45, 7) is 12.0. The topological polar surface area (TPSA) is 95.5 Å². The minimum Gasteiger partial charge on any atom is -0.507 e. The molecule has 1 heterocycles. The number of ketones is 2. The zero-order valence-electron chi connectivity index (χ0n) is 24.4. The van der Waals surface area contributed by atoms with Gasteiger partial charge in [0.05, 0.1) is 17.4 Å². The van der Waals surface area contributed by atoms with Crippen molar-refractivity contribution in [3.8, 4) is 5.75 Å². The molecule has 1 aliphatic carbocycles. The van der Waals surface area contributed by atoms with Gasteiger partial charge in [0.2, 0.25) is 0 Å². The molecular weight excluding hydrogens is 808 g/mol. The molecule has 3 aromatic rings. The number of amides is 1. The van der Waals surface area contributed by atoms with E-state index < -0.39 is 12.0 Å². The summed E-state index contributed by atoms with van der Waals surface area (Å²) in [6, 6.07) is 8.36. The summed E-state index contributed by atoms with van der Waals surface area (Å²) in [7, 11) is 0. The average Bonchev–Trinajstić information content (AvgIpc) is 3.19. The molecule has 1 amide bonds. The van der Waals surface area contributed by atoms with Crippen molar-refractivity contribution in [3.63, 3.8) is 0 Å². The van der Waals surface area contributed by atoms with Crippen LogP contribution >= 0.6 is 63.7 Å². The molecule has 3 N–H and O–H groups in total. The van der Waals surface area contributed by atoms with E-state index in [0.29, 0.717) is 57.1 Å². The number of rotatable bonds is 3. The largest absolute Gasteiger partial charge is 0.507 e. The van der Waals surface area contributed by atoms with Crippen molar-refractivity contribution in [2.24, 2.45) is 5.92 Å². The van der Waals surface area contributed by atoms with Crippen molar-refractivity contribution in [2.45, 2.75) is 58.4 Å². The number of halogens is 4. The van der Waals surface area contributed by atoms with E-state index in [1.165, 1.54) is 0 Å². The second kappa shape index (κ2) is 11.3. The zero-order valence-corrected chi connectivity index (χ0v) is 30.7. The molecule has 0 bridgehead atoms. The van der Waals surface area contributed by atoms with E-state index in [-0.39, 0.29) is 34.1 Å². The highest BCUT2D eigenvalue weighted by atomic mass is 79.9. The minimum atomic E-state index is -0.988. The number of phenolic OH excluding ortho intramolecular Hbond substituents is 1. The van der Waals surface area contributed by atoms with Crippen LogP contribution in [0.15, 0.2) is 54.3 Å². The van der Waals surface area contributed by atoms with Crippen molar-refractivity contribution >= 4 is 98.6 Å². The molecule has 43 heavy (non-hydrogen) atoms. The molecule has 0 fully saturated rings. The lowest BCUT2D eigenvalue weighted by Gasteiger charge is -2.29. The fourth-order valence-electron chi connectivity index (χ4n) is 5.55. The van der Waals surface area contributed by atoms with Crippen LogP contribution in [0.1, 0.15) is 89.3 Å². The van der Waals surface area contributed by atoms with Gasteiger partial charge in [-0.1, -0.05) is 65.8 Å². The average molecular weight is 838 g/mol. The number of hydrogen-bond donors (Lipinski definition) is 3. The van der Waals surface area contributed by atoms with E-state index in [1.807, 2.05) is 65.8 Å². The molecule has 6 nitrogen and oxygen atoms in total. The molecule has 1 atom stereocenters. The van der Waals surface area contributed by atoms with Crippen molar-refractivity contribution in [1.29, 1.82) is 0 Å². The standard InChI is InChI=1S/C33H30Br4N2O4/c1-32(2,3)16-12-15(13-17(28(16)40)33(4,5)6)31(43)39-19-9-7-8-14-10-11-18(38-27(14)19)20-29(41)21-22(30(20)42)24(35)26(37)25(36)23(21)34/h7-13,18,20,38,40H,1-6H3,(H,39,43). The van der Waals surface area contributed by atoms with E-state index >= 15 is 0 Å². The van der Waals surface area contributed by atoms with Gasteiger partial charge in [0, 0.05) is 45.7 Å². The van der Waals surface area contributed by atoms with E-state index in [4.69, 9.17) is 0 Å². The van der Waals surface area contributed by atoms with Gasteiger partial charge in [0.1, 0.15) is 11.7 Å². The Bertz CT molecular complexity index is 1680. The van der Waals surface area contributed by atoms with Crippen LogP contribution < -0.4 is 10.6 Å². The van der Waals surface area contributed by atoms with E-state index in [2.05, 4.69) is 74.4 Å². The fourth-order valence-corrected chi connectivity index (χ4v) is 8.05. The number of anilines is 2. The second-order valence-electron chi connectivity index (χ2n) is 12.9. The normalized spacial score (nSPS) is 16.7. The van der Waals surface area contributed by atoms with Crippen LogP contribution in [0.5, 0.6) is 5.75 Å². The van der Waals surface area contributed by atoms with Gasteiger partial charge < -0.3 is 15.7 Å². The number of aromatic hydroxyl groups is 1.